The summed E-state index contributed by atoms with van der Waals surface area (Å²) >= 11 is 37.2. The number of halogens is 6. The standard InChI is InChI=1S/2C23H21Cl3N6O/c2*1-33-20-11-15(6-8-19(20)31-12-21(26)27-13-31)28-23-29-22-17(4-2-3-9-32(22)30-23)16-7-5-14(24)10-18(16)25/h2*5-8,10-13,17H,2-4,9H2,1H3,(H,28,30)/t2*17-/m10/s1. The van der Waals surface area contributed by atoms with Crippen molar-refractivity contribution in [2.45, 2.75) is 63.5 Å². The number of anilines is 4. The van der Waals surface area contributed by atoms with Crippen LogP contribution in [0.15, 0.2) is 97.8 Å². The van der Waals surface area contributed by atoms with Gasteiger partial charge in [-0.3, -0.25) is 0 Å². The van der Waals surface area contributed by atoms with Crippen LogP contribution in [0.2, 0.25) is 30.4 Å². The van der Waals surface area contributed by atoms with Crippen molar-refractivity contribution in [3.05, 3.63) is 151 Å². The number of aryl methyl sites for hydroxylation is 2. The van der Waals surface area contributed by atoms with Crippen LogP contribution >= 0.6 is 69.6 Å². The van der Waals surface area contributed by atoms with Crippen LogP contribution in [0.3, 0.4) is 0 Å². The Labute approximate surface area is 410 Å². The van der Waals surface area contributed by atoms with Gasteiger partial charge in [-0.25, -0.2) is 19.3 Å². The van der Waals surface area contributed by atoms with Gasteiger partial charge < -0.3 is 29.2 Å². The molecule has 4 aromatic heterocycles. The van der Waals surface area contributed by atoms with Crippen molar-refractivity contribution >= 4 is 92.9 Å². The zero-order valence-corrected chi connectivity index (χ0v) is 40.1. The van der Waals surface area contributed by atoms with Gasteiger partial charge >= 0.3 is 0 Å². The van der Waals surface area contributed by atoms with E-state index in [9.17, 15) is 0 Å². The van der Waals surface area contributed by atoms with Crippen molar-refractivity contribution in [3.8, 4) is 22.9 Å². The summed E-state index contributed by atoms with van der Waals surface area (Å²) in [5, 5.41) is 19.4. The van der Waals surface area contributed by atoms with E-state index in [1.165, 1.54) is 0 Å². The molecule has 0 unspecified atom stereocenters. The molecule has 2 aliphatic heterocycles. The molecule has 20 heteroatoms. The molecule has 0 saturated carbocycles. The highest BCUT2D eigenvalue weighted by atomic mass is 35.5. The molecule has 0 saturated heterocycles. The lowest BCUT2D eigenvalue weighted by Gasteiger charge is -2.16. The number of methoxy groups -OCH3 is 2. The average Bonchev–Trinajstić information content (AvgIpc) is 4.08. The number of aromatic nitrogens is 10. The van der Waals surface area contributed by atoms with Gasteiger partial charge in [0.2, 0.25) is 11.9 Å². The lowest BCUT2D eigenvalue weighted by molar-refractivity contribution is 0.413. The van der Waals surface area contributed by atoms with E-state index in [4.69, 9.17) is 99.2 Å². The first-order chi connectivity index (χ1) is 32.0. The molecule has 14 nitrogen and oxygen atoms in total. The van der Waals surface area contributed by atoms with Gasteiger partial charge in [-0.2, -0.15) is 9.97 Å². The van der Waals surface area contributed by atoms with E-state index in [2.05, 4.69) is 20.6 Å². The second-order valence-electron chi connectivity index (χ2n) is 15.7. The molecule has 4 aromatic carbocycles. The van der Waals surface area contributed by atoms with Crippen molar-refractivity contribution in [1.82, 2.24) is 48.6 Å². The lowest BCUT2D eigenvalue weighted by atomic mass is 9.93. The Hall–Kier alpha value is -5.48. The molecule has 340 valence electrons. The summed E-state index contributed by atoms with van der Waals surface area (Å²) in [4.78, 5) is 17.8. The van der Waals surface area contributed by atoms with Gasteiger partial charge in [0.15, 0.2) is 0 Å². The average molecular weight is 1010 g/mol. The summed E-state index contributed by atoms with van der Waals surface area (Å²) < 4.78 is 18.7. The van der Waals surface area contributed by atoms with E-state index >= 15 is 0 Å². The molecule has 0 radical (unpaired) electrons. The summed E-state index contributed by atoms with van der Waals surface area (Å²) in [6.45, 7) is 1.63. The van der Waals surface area contributed by atoms with Gasteiger partial charge in [0.1, 0.15) is 46.1 Å². The van der Waals surface area contributed by atoms with Crippen LogP contribution in [0.1, 0.15) is 73.1 Å². The second-order valence-corrected chi connectivity index (χ2v) is 18.2. The van der Waals surface area contributed by atoms with E-state index in [-0.39, 0.29) is 11.8 Å². The third-order valence-corrected chi connectivity index (χ3v) is 13.0. The molecule has 2 aliphatic rings. The first kappa shape index (κ1) is 45.7. The van der Waals surface area contributed by atoms with Crippen LogP contribution in [-0.2, 0) is 13.1 Å². The maximum atomic E-state index is 6.53. The predicted octanol–water partition coefficient (Wildman–Crippen LogP) is 13.0. The van der Waals surface area contributed by atoms with Gasteiger partial charge in [0.25, 0.3) is 0 Å². The number of benzene rings is 4. The summed E-state index contributed by atoms with van der Waals surface area (Å²) in [7, 11) is 3.25. The molecule has 0 spiro atoms. The Bertz CT molecular complexity index is 2800. The molecular formula is C46H42Cl6N12O2. The highest BCUT2D eigenvalue weighted by Gasteiger charge is 2.28. The molecule has 0 fully saturated rings. The maximum absolute atomic E-state index is 6.53. The molecule has 0 aliphatic carbocycles. The Morgan fingerprint density at radius 1 is 0.545 bits per heavy atom. The monoisotopic (exact) mass is 1000 g/mol. The van der Waals surface area contributed by atoms with Crippen molar-refractivity contribution in [3.63, 3.8) is 0 Å². The Kier molecular flexibility index (Phi) is 14.0. The SMILES string of the molecule is COc1cc(Nc2nc3n(n2)CCCC[C@@H]3c2ccc(Cl)cc2Cl)ccc1-n1cnc(Cl)c1.COc1cc(Nc2nc3n(n2)CCCC[C@H]3c2ccc(Cl)cc2Cl)ccc1-n1cnc(Cl)c1. The summed E-state index contributed by atoms with van der Waals surface area (Å²) in [5.74, 6) is 4.31. The first-order valence-corrected chi connectivity index (χ1v) is 23.4. The van der Waals surface area contributed by atoms with Gasteiger partial charge in [0, 0.05) is 80.9 Å². The minimum absolute atomic E-state index is 0.0585. The molecule has 8 aromatic rings. The van der Waals surface area contributed by atoms with Crippen molar-refractivity contribution in [2.24, 2.45) is 0 Å². The van der Waals surface area contributed by atoms with Crippen molar-refractivity contribution < 1.29 is 9.47 Å². The number of hydrogen-bond donors (Lipinski definition) is 2. The van der Waals surface area contributed by atoms with E-state index < -0.39 is 0 Å². The molecule has 2 N–H and O–H groups in total. The van der Waals surface area contributed by atoms with Crippen LogP contribution in [0.4, 0.5) is 23.3 Å². The largest absolute Gasteiger partial charge is 0.494 e. The van der Waals surface area contributed by atoms with Crippen molar-refractivity contribution in [1.29, 1.82) is 0 Å². The number of nitrogens with zero attached hydrogens (tertiary/aromatic N) is 10. The third kappa shape index (κ3) is 10.1. The van der Waals surface area contributed by atoms with E-state index in [0.717, 1.165) is 97.1 Å². The number of fused-ring (bicyclic) bond motifs is 2. The predicted molar refractivity (Wildman–Crippen MR) is 261 cm³/mol. The van der Waals surface area contributed by atoms with Crippen LogP contribution in [0.5, 0.6) is 11.5 Å². The van der Waals surface area contributed by atoms with Crippen LogP contribution in [0, 0.1) is 0 Å². The van der Waals surface area contributed by atoms with Crippen LogP contribution < -0.4 is 20.1 Å². The number of ether oxygens (including phenoxy) is 2. The smallest absolute Gasteiger partial charge is 0.246 e. The fourth-order valence-corrected chi connectivity index (χ4v) is 9.73. The maximum Gasteiger partial charge on any atom is 0.246 e. The summed E-state index contributed by atoms with van der Waals surface area (Å²) in [6.07, 6.45) is 12.9. The first-order valence-electron chi connectivity index (χ1n) is 21.1. The van der Waals surface area contributed by atoms with Gasteiger partial charge in [-0.05, 0) is 85.3 Å². The minimum Gasteiger partial charge on any atom is -0.494 e. The zero-order chi connectivity index (χ0) is 45.9. The molecule has 0 amide bonds. The molecular weight excluding hydrogens is 965 g/mol. The van der Waals surface area contributed by atoms with E-state index in [1.807, 2.05) is 79.2 Å². The van der Waals surface area contributed by atoms with E-state index in [0.29, 0.717) is 53.8 Å². The lowest BCUT2D eigenvalue weighted by Crippen LogP contribution is -2.09. The highest BCUT2D eigenvalue weighted by Crippen LogP contribution is 2.39. The Morgan fingerprint density at radius 2 is 0.985 bits per heavy atom. The molecule has 66 heavy (non-hydrogen) atoms. The molecule has 6 heterocycles. The molecule has 10 rings (SSSR count). The molecule has 0 bridgehead atoms. The number of nitrogens with one attached hydrogen (secondary N) is 2. The highest BCUT2D eigenvalue weighted by molar-refractivity contribution is 6.35. The van der Waals surface area contributed by atoms with E-state index in [1.54, 1.807) is 51.4 Å². The third-order valence-electron chi connectivity index (χ3n) is 11.5. The number of hydrogen-bond acceptors (Lipinski definition) is 10. The number of imidazole rings is 2. The normalized spacial score (nSPS) is 15.7. The van der Waals surface area contributed by atoms with Gasteiger partial charge in [-0.15, -0.1) is 10.2 Å². The molecule has 2 atom stereocenters. The topological polar surface area (TPSA) is 140 Å². The Balaban J connectivity index is 0.000000166. The summed E-state index contributed by atoms with van der Waals surface area (Å²) in [6, 6.07) is 22.8. The minimum atomic E-state index is 0.0585. The summed E-state index contributed by atoms with van der Waals surface area (Å²) in [5.41, 5.74) is 5.32. The van der Waals surface area contributed by atoms with Crippen LogP contribution in [0.25, 0.3) is 11.4 Å². The fourth-order valence-electron chi connectivity index (χ4n) is 8.35. The Morgan fingerprint density at radius 3 is 1.36 bits per heavy atom. The van der Waals surface area contributed by atoms with Gasteiger partial charge in [0.05, 0.1) is 25.6 Å². The fraction of sp³-hybridized carbons (Fsp3) is 0.261. The number of rotatable bonds is 10. The second kappa shape index (κ2) is 20.2. The quantitative estimate of drug-likeness (QED) is 0.136. The van der Waals surface area contributed by atoms with Crippen molar-refractivity contribution in [2.75, 3.05) is 24.9 Å². The van der Waals surface area contributed by atoms with Gasteiger partial charge in [-0.1, -0.05) is 94.6 Å². The zero-order valence-electron chi connectivity index (χ0n) is 35.6. The van der Waals surface area contributed by atoms with Crippen LogP contribution in [-0.4, -0.2) is 62.9 Å².